The molecule has 0 aromatic heterocycles. The van der Waals surface area contributed by atoms with Gasteiger partial charge in [-0.3, -0.25) is 9.59 Å². The molecule has 5 nitrogen and oxygen atoms in total. The highest BCUT2D eigenvalue weighted by atomic mass is 35.5. The molecule has 0 unspecified atom stereocenters. The van der Waals surface area contributed by atoms with E-state index in [2.05, 4.69) is 0 Å². The molecule has 1 aliphatic rings. The number of halogens is 2. The van der Waals surface area contributed by atoms with Gasteiger partial charge < -0.3 is 15.5 Å². The van der Waals surface area contributed by atoms with E-state index in [4.69, 9.17) is 17.3 Å². The van der Waals surface area contributed by atoms with E-state index in [1.54, 1.807) is 15.9 Å². The minimum atomic E-state index is -0.525. The van der Waals surface area contributed by atoms with Crippen LogP contribution in [0.15, 0.2) is 24.3 Å². The first-order valence-electron chi connectivity index (χ1n) is 8.25. The van der Waals surface area contributed by atoms with Gasteiger partial charge in [0.1, 0.15) is 0 Å². The predicted molar refractivity (Wildman–Crippen MR) is 103 cm³/mol. The molecular weight excluding hydrogens is 361 g/mol. The van der Waals surface area contributed by atoms with Crippen molar-refractivity contribution in [3.8, 4) is 0 Å². The lowest BCUT2D eigenvalue weighted by atomic mass is 9.86. The zero-order valence-electron chi connectivity index (χ0n) is 15.0. The molecule has 140 valence electrons. The van der Waals surface area contributed by atoms with Crippen LogP contribution in [0.3, 0.4) is 0 Å². The predicted octanol–water partition coefficient (Wildman–Crippen LogP) is 2.35. The maximum atomic E-state index is 12.4. The molecular formula is C18H27Cl2N3O2. The summed E-state index contributed by atoms with van der Waals surface area (Å²) in [7, 11) is 0. The van der Waals surface area contributed by atoms with Crippen molar-refractivity contribution in [1.82, 2.24) is 9.80 Å². The van der Waals surface area contributed by atoms with Crippen molar-refractivity contribution in [2.75, 3.05) is 26.2 Å². The molecule has 1 saturated heterocycles. The summed E-state index contributed by atoms with van der Waals surface area (Å²) in [6.07, 6.45) is 0.287. The van der Waals surface area contributed by atoms with Gasteiger partial charge in [0.2, 0.25) is 11.8 Å². The van der Waals surface area contributed by atoms with Gasteiger partial charge in [-0.25, -0.2) is 0 Å². The normalized spacial score (nSPS) is 16.2. The van der Waals surface area contributed by atoms with Gasteiger partial charge >= 0.3 is 0 Å². The number of piperazine rings is 1. The third kappa shape index (κ3) is 5.59. The maximum absolute atomic E-state index is 12.4. The van der Waals surface area contributed by atoms with Crippen LogP contribution in [0.5, 0.6) is 0 Å². The Morgan fingerprint density at radius 3 is 2.16 bits per heavy atom. The van der Waals surface area contributed by atoms with Crippen LogP contribution in [0.1, 0.15) is 26.3 Å². The zero-order chi connectivity index (χ0) is 17.9. The first-order valence-corrected chi connectivity index (χ1v) is 8.63. The van der Waals surface area contributed by atoms with Crippen LogP contribution in [0, 0.1) is 5.41 Å². The van der Waals surface area contributed by atoms with Crippen LogP contribution in [0.4, 0.5) is 0 Å². The average molecular weight is 388 g/mol. The summed E-state index contributed by atoms with van der Waals surface area (Å²) >= 11 is 6.11. The van der Waals surface area contributed by atoms with E-state index in [0.717, 1.165) is 5.56 Å². The van der Waals surface area contributed by atoms with Crippen molar-refractivity contribution in [2.24, 2.45) is 11.1 Å². The fraction of sp³-hybridized carbons (Fsp3) is 0.556. The molecule has 0 radical (unpaired) electrons. The monoisotopic (exact) mass is 387 g/mol. The second-order valence-corrected chi connectivity index (χ2v) is 7.73. The molecule has 0 spiro atoms. The van der Waals surface area contributed by atoms with E-state index in [0.29, 0.717) is 31.2 Å². The minimum Gasteiger partial charge on any atom is -0.339 e. The van der Waals surface area contributed by atoms with E-state index in [1.165, 1.54) is 0 Å². The first-order chi connectivity index (χ1) is 11.2. The number of rotatable bonds is 3. The first kappa shape index (κ1) is 21.7. The number of amides is 2. The summed E-state index contributed by atoms with van der Waals surface area (Å²) in [6.45, 7) is 7.99. The average Bonchev–Trinajstić information content (AvgIpc) is 2.55. The molecule has 0 bridgehead atoms. The second kappa shape index (κ2) is 8.88. The SMILES string of the molecule is CC(C)(C)[C@H](N)C(=O)N1CCN(C(=O)Cc2ccccc2Cl)CC1.Cl. The Morgan fingerprint density at radius 2 is 1.64 bits per heavy atom. The number of benzene rings is 1. The van der Waals surface area contributed by atoms with E-state index < -0.39 is 6.04 Å². The Labute approximate surface area is 160 Å². The molecule has 0 aliphatic carbocycles. The molecule has 0 saturated carbocycles. The molecule has 1 aliphatic heterocycles. The van der Waals surface area contributed by atoms with Crippen LogP contribution in [-0.4, -0.2) is 53.8 Å². The van der Waals surface area contributed by atoms with Gasteiger partial charge in [-0.1, -0.05) is 50.6 Å². The van der Waals surface area contributed by atoms with Gasteiger partial charge in [0, 0.05) is 31.2 Å². The van der Waals surface area contributed by atoms with Gasteiger partial charge in [-0.05, 0) is 17.0 Å². The van der Waals surface area contributed by atoms with E-state index in [9.17, 15) is 9.59 Å². The largest absolute Gasteiger partial charge is 0.339 e. The van der Waals surface area contributed by atoms with Crippen molar-refractivity contribution in [2.45, 2.75) is 33.2 Å². The van der Waals surface area contributed by atoms with Crippen molar-refractivity contribution in [3.63, 3.8) is 0 Å². The van der Waals surface area contributed by atoms with Crippen molar-refractivity contribution >= 4 is 35.8 Å². The molecule has 1 atom stereocenters. The molecule has 2 rings (SSSR count). The quantitative estimate of drug-likeness (QED) is 0.865. The van der Waals surface area contributed by atoms with Crippen LogP contribution >= 0.6 is 24.0 Å². The summed E-state index contributed by atoms with van der Waals surface area (Å²) in [6, 6.07) is 6.85. The number of nitrogens with two attached hydrogens (primary N) is 1. The van der Waals surface area contributed by atoms with E-state index >= 15 is 0 Å². The molecule has 1 aromatic carbocycles. The molecule has 1 heterocycles. The number of carbonyl (C=O) groups is 2. The highest BCUT2D eigenvalue weighted by Crippen LogP contribution is 2.20. The number of carbonyl (C=O) groups excluding carboxylic acids is 2. The van der Waals surface area contributed by atoms with Gasteiger partial charge in [-0.2, -0.15) is 0 Å². The highest BCUT2D eigenvalue weighted by molar-refractivity contribution is 6.31. The Balaban J connectivity index is 0.00000312. The second-order valence-electron chi connectivity index (χ2n) is 7.32. The number of hydrogen-bond acceptors (Lipinski definition) is 3. The molecule has 7 heteroatoms. The van der Waals surface area contributed by atoms with Crippen LogP contribution in [0.2, 0.25) is 5.02 Å². The summed E-state index contributed by atoms with van der Waals surface area (Å²) < 4.78 is 0. The lowest BCUT2D eigenvalue weighted by Crippen LogP contribution is -2.57. The number of nitrogens with zero attached hydrogens (tertiary/aromatic N) is 2. The van der Waals surface area contributed by atoms with Crippen LogP contribution in [0.25, 0.3) is 0 Å². The molecule has 25 heavy (non-hydrogen) atoms. The topological polar surface area (TPSA) is 66.6 Å². The Bertz CT molecular complexity index is 609. The van der Waals surface area contributed by atoms with Crippen LogP contribution < -0.4 is 5.73 Å². The fourth-order valence-corrected chi connectivity index (χ4v) is 2.86. The molecule has 1 fully saturated rings. The number of hydrogen-bond donors (Lipinski definition) is 1. The fourth-order valence-electron chi connectivity index (χ4n) is 2.66. The summed E-state index contributed by atoms with van der Waals surface area (Å²) in [5.41, 5.74) is 6.61. The lowest BCUT2D eigenvalue weighted by molar-refractivity contribution is -0.141. The van der Waals surface area contributed by atoms with Crippen molar-refractivity contribution in [1.29, 1.82) is 0 Å². The maximum Gasteiger partial charge on any atom is 0.240 e. The van der Waals surface area contributed by atoms with Crippen molar-refractivity contribution in [3.05, 3.63) is 34.9 Å². The third-order valence-corrected chi connectivity index (χ3v) is 4.81. The summed E-state index contributed by atoms with van der Waals surface area (Å²) in [5, 5.41) is 0.607. The molecule has 2 N–H and O–H groups in total. The van der Waals surface area contributed by atoms with E-state index in [1.807, 2.05) is 39.0 Å². The highest BCUT2D eigenvalue weighted by Gasteiger charge is 2.33. The third-order valence-electron chi connectivity index (χ3n) is 4.44. The van der Waals surface area contributed by atoms with E-state index in [-0.39, 0.29) is 36.1 Å². The molecule has 1 aromatic rings. The standard InChI is InChI=1S/C18H26ClN3O2.ClH/c1-18(2,3)16(20)17(24)22-10-8-21(9-11-22)15(23)12-13-6-4-5-7-14(13)19;/h4-7,16H,8-12,20H2,1-3H3;1H/t16-;/m1./s1. The van der Waals surface area contributed by atoms with Gasteiger partial charge in [0.25, 0.3) is 0 Å². The summed E-state index contributed by atoms with van der Waals surface area (Å²) in [4.78, 5) is 28.4. The summed E-state index contributed by atoms with van der Waals surface area (Å²) in [5.74, 6) is -0.00368. The zero-order valence-corrected chi connectivity index (χ0v) is 16.6. The minimum absolute atomic E-state index is 0. The van der Waals surface area contributed by atoms with Gasteiger partial charge in [0.05, 0.1) is 12.5 Å². The van der Waals surface area contributed by atoms with Gasteiger partial charge in [0.15, 0.2) is 0 Å². The smallest absolute Gasteiger partial charge is 0.240 e. The van der Waals surface area contributed by atoms with Crippen molar-refractivity contribution < 1.29 is 9.59 Å². The Morgan fingerprint density at radius 1 is 1.12 bits per heavy atom. The van der Waals surface area contributed by atoms with Crippen LogP contribution in [-0.2, 0) is 16.0 Å². The molecule has 2 amide bonds. The Kier molecular flexibility index (Phi) is 7.72. The lowest BCUT2D eigenvalue weighted by Gasteiger charge is -2.38. The Hall–Kier alpha value is -1.30. The van der Waals surface area contributed by atoms with Gasteiger partial charge in [-0.15, -0.1) is 12.4 Å².